The molecule has 1 saturated carbocycles. The molecule has 1 aliphatic carbocycles. The third-order valence-electron chi connectivity index (χ3n) is 8.45. The summed E-state index contributed by atoms with van der Waals surface area (Å²) >= 11 is 0. The number of hydrogen-bond acceptors (Lipinski definition) is 3. The highest BCUT2D eigenvalue weighted by atomic mass is 16.2. The first-order valence-corrected chi connectivity index (χ1v) is 14.0. The molecule has 3 amide bonds. The second-order valence-electron chi connectivity index (χ2n) is 11.5. The van der Waals surface area contributed by atoms with E-state index in [1.54, 1.807) is 4.90 Å². The molecule has 3 atom stereocenters. The van der Waals surface area contributed by atoms with Gasteiger partial charge in [0, 0.05) is 34.6 Å². The van der Waals surface area contributed by atoms with Crippen molar-refractivity contribution in [2.75, 3.05) is 0 Å². The number of carbonyl (C=O) groups excluding carboxylic acids is 3. The number of para-hydroxylation sites is 1. The number of nitrogens with zero attached hydrogens (tertiary/aromatic N) is 1. The van der Waals surface area contributed by atoms with Crippen molar-refractivity contribution in [2.24, 2.45) is 5.92 Å². The van der Waals surface area contributed by atoms with Crippen LogP contribution in [0.5, 0.6) is 0 Å². The Kier molecular flexibility index (Phi) is 6.46. The Hall–Kier alpha value is -3.61. The highest BCUT2D eigenvalue weighted by molar-refractivity contribution is 6.04. The van der Waals surface area contributed by atoms with Crippen molar-refractivity contribution in [3.8, 4) is 0 Å². The molecule has 7 heteroatoms. The zero-order valence-electron chi connectivity index (χ0n) is 22.1. The summed E-state index contributed by atoms with van der Waals surface area (Å²) in [7, 11) is 0. The van der Waals surface area contributed by atoms with Crippen molar-refractivity contribution >= 4 is 28.6 Å². The molecule has 0 bridgehead atoms. The van der Waals surface area contributed by atoms with Crippen LogP contribution in [0.1, 0.15) is 85.6 Å². The lowest BCUT2D eigenvalue weighted by atomic mass is 9.89. The van der Waals surface area contributed by atoms with Crippen molar-refractivity contribution in [2.45, 2.75) is 83.0 Å². The zero-order chi connectivity index (χ0) is 26.4. The van der Waals surface area contributed by atoms with E-state index < -0.39 is 12.1 Å². The predicted octanol–water partition coefficient (Wildman–Crippen LogP) is 4.62. The minimum absolute atomic E-state index is 0.116. The van der Waals surface area contributed by atoms with Crippen molar-refractivity contribution in [3.63, 3.8) is 0 Å². The lowest BCUT2D eigenvalue weighted by molar-refractivity contribution is -0.132. The fourth-order valence-corrected chi connectivity index (χ4v) is 6.66. The molecule has 0 saturated heterocycles. The van der Waals surface area contributed by atoms with E-state index in [9.17, 15) is 14.4 Å². The summed E-state index contributed by atoms with van der Waals surface area (Å²) in [5.41, 5.74) is 4.59. The van der Waals surface area contributed by atoms with E-state index in [1.165, 1.54) is 6.42 Å². The summed E-state index contributed by atoms with van der Waals surface area (Å²) in [4.78, 5) is 46.3. The Morgan fingerprint density at radius 1 is 1.03 bits per heavy atom. The van der Waals surface area contributed by atoms with Gasteiger partial charge in [0.15, 0.2) is 0 Å². The molecule has 0 unspecified atom stereocenters. The van der Waals surface area contributed by atoms with Gasteiger partial charge < -0.3 is 20.5 Å². The number of benzene rings is 2. The van der Waals surface area contributed by atoms with Crippen LogP contribution >= 0.6 is 0 Å². The zero-order valence-corrected chi connectivity index (χ0v) is 22.1. The molecule has 3 aliphatic rings. The van der Waals surface area contributed by atoms with Crippen molar-refractivity contribution in [3.05, 3.63) is 70.9 Å². The van der Waals surface area contributed by atoms with Gasteiger partial charge in [0.05, 0.1) is 6.04 Å². The van der Waals surface area contributed by atoms with Crippen LogP contribution in [-0.4, -0.2) is 45.7 Å². The van der Waals surface area contributed by atoms with E-state index in [1.807, 2.05) is 42.5 Å². The van der Waals surface area contributed by atoms with Crippen LogP contribution in [0.3, 0.4) is 0 Å². The fourth-order valence-electron chi connectivity index (χ4n) is 6.66. The summed E-state index contributed by atoms with van der Waals surface area (Å²) in [6, 6.07) is 14.2. The number of aromatic amines is 1. The molecule has 7 nitrogen and oxygen atoms in total. The fraction of sp³-hybridized carbons (Fsp3) is 0.452. The number of hydrogen-bond donors (Lipinski definition) is 3. The first-order valence-electron chi connectivity index (χ1n) is 14.0. The smallest absolute Gasteiger partial charge is 0.255 e. The highest BCUT2D eigenvalue weighted by Crippen LogP contribution is 2.46. The van der Waals surface area contributed by atoms with Gasteiger partial charge in [-0.05, 0) is 48.4 Å². The van der Waals surface area contributed by atoms with Crippen LogP contribution in [0.4, 0.5) is 0 Å². The van der Waals surface area contributed by atoms with Gasteiger partial charge in [0.1, 0.15) is 12.1 Å². The SMILES string of the molecule is CC(C)C[C@H](NC(=O)[C@@H]1Cc2c([nH]c3ccccc23)[C@@H]2c3ccccc3C(=O)N21)C(=O)NC1CCCCC1. The first-order chi connectivity index (χ1) is 18.4. The highest BCUT2D eigenvalue weighted by Gasteiger charge is 2.49. The normalized spacial score (nSPS) is 21.7. The van der Waals surface area contributed by atoms with Crippen LogP contribution in [0.2, 0.25) is 0 Å². The molecule has 0 spiro atoms. The molecule has 3 N–H and O–H groups in total. The number of fused-ring (bicyclic) bond motifs is 7. The van der Waals surface area contributed by atoms with Crippen LogP contribution in [-0.2, 0) is 16.0 Å². The van der Waals surface area contributed by atoms with Gasteiger partial charge >= 0.3 is 0 Å². The molecule has 3 heterocycles. The molecule has 2 aromatic carbocycles. The molecule has 1 aromatic heterocycles. The second kappa shape index (κ2) is 9.93. The molecule has 3 aromatic rings. The molecular formula is C31H36N4O3. The van der Waals surface area contributed by atoms with Crippen molar-refractivity contribution in [1.82, 2.24) is 20.5 Å². The summed E-state index contributed by atoms with van der Waals surface area (Å²) in [6.45, 7) is 4.12. The minimum atomic E-state index is -0.705. The maximum atomic E-state index is 14.0. The van der Waals surface area contributed by atoms with Gasteiger partial charge in [-0.2, -0.15) is 0 Å². The van der Waals surface area contributed by atoms with E-state index in [-0.39, 0.29) is 35.7 Å². The number of aromatic nitrogens is 1. The van der Waals surface area contributed by atoms with Gasteiger partial charge in [-0.1, -0.05) is 69.5 Å². The number of rotatable bonds is 6. The third kappa shape index (κ3) is 4.28. The number of amides is 3. The lowest BCUT2D eigenvalue weighted by Gasteiger charge is -2.38. The molecule has 198 valence electrons. The van der Waals surface area contributed by atoms with Gasteiger partial charge in [-0.3, -0.25) is 14.4 Å². The third-order valence-corrected chi connectivity index (χ3v) is 8.45. The summed E-state index contributed by atoms with van der Waals surface area (Å²) < 4.78 is 0. The van der Waals surface area contributed by atoms with Crippen LogP contribution in [0.25, 0.3) is 10.9 Å². The summed E-state index contributed by atoms with van der Waals surface area (Å²) in [5, 5.41) is 7.36. The molecule has 6 rings (SSSR count). The maximum Gasteiger partial charge on any atom is 0.255 e. The molecule has 0 radical (unpaired) electrons. The van der Waals surface area contributed by atoms with Gasteiger partial charge in [-0.15, -0.1) is 0 Å². The summed E-state index contributed by atoms with van der Waals surface area (Å²) in [6.07, 6.45) is 6.39. The largest absolute Gasteiger partial charge is 0.356 e. The van der Waals surface area contributed by atoms with Crippen molar-refractivity contribution in [1.29, 1.82) is 0 Å². The van der Waals surface area contributed by atoms with Gasteiger partial charge in [0.2, 0.25) is 11.8 Å². The Bertz CT molecular complexity index is 1390. The topological polar surface area (TPSA) is 94.3 Å². The van der Waals surface area contributed by atoms with E-state index in [4.69, 9.17) is 0 Å². The average Bonchev–Trinajstić information content (AvgIpc) is 3.44. The molecular weight excluding hydrogens is 476 g/mol. The van der Waals surface area contributed by atoms with Crippen LogP contribution < -0.4 is 10.6 Å². The number of carbonyl (C=O) groups is 3. The summed E-state index contributed by atoms with van der Waals surface area (Å²) in [5.74, 6) is -0.289. The Balaban J connectivity index is 1.33. The molecule has 38 heavy (non-hydrogen) atoms. The van der Waals surface area contributed by atoms with Crippen molar-refractivity contribution < 1.29 is 14.4 Å². The predicted molar refractivity (Wildman–Crippen MR) is 147 cm³/mol. The Morgan fingerprint density at radius 3 is 2.55 bits per heavy atom. The standard InChI is InChI=1S/C31H36N4O3/c1-18(2)16-25(29(36)32-19-10-4-3-5-11-19)34-30(37)26-17-23-20-12-8-9-15-24(20)33-27(23)28-21-13-6-7-14-22(21)31(38)35(26)28/h6-9,12-15,18-19,25-26,28,33H,3-5,10-11,16-17H2,1-2H3,(H,32,36)(H,34,37)/t25-,26-,28-/m0/s1. The van der Waals surface area contributed by atoms with Gasteiger partial charge in [-0.25, -0.2) is 0 Å². The monoisotopic (exact) mass is 512 g/mol. The van der Waals surface area contributed by atoms with E-state index in [2.05, 4.69) is 35.5 Å². The van der Waals surface area contributed by atoms with Crippen LogP contribution in [0, 0.1) is 5.92 Å². The number of H-pyrrole nitrogens is 1. The maximum absolute atomic E-state index is 14.0. The molecule has 2 aliphatic heterocycles. The van der Waals surface area contributed by atoms with E-state index >= 15 is 0 Å². The second-order valence-corrected chi connectivity index (χ2v) is 11.5. The van der Waals surface area contributed by atoms with E-state index in [0.29, 0.717) is 18.4 Å². The first kappa shape index (κ1) is 24.7. The molecule has 1 fully saturated rings. The minimum Gasteiger partial charge on any atom is -0.356 e. The average molecular weight is 513 g/mol. The van der Waals surface area contributed by atoms with E-state index in [0.717, 1.165) is 53.4 Å². The Labute approximate surface area is 223 Å². The van der Waals surface area contributed by atoms with Crippen LogP contribution in [0.15, 0.2) is 48.5 Å². The lowest BCUT2D eigenvalue weighted by Crippen LogP contribution is -2.57. The quantitative estimate of drug-likeness (QED) is 0.450. The van der Waals surface area contributed by atoms with Gasteiger partial charge in [0.25, 0.3) is 5.91 Å². The number of nitrogens with one attached hydrogen (secondary N) is 3. The Morgan fingerprint density at radius 2 is 1.76 bits per heavy atom.